The van der Waals surface area contributed by atoms with E-state index in [1.165, 1.54) is 18.2 Å². The van der Waals surface area contributed by atoms with Crippen LogP contribution >= 0.6 is 0 Å². The average Bonchev–Trinajstić information content (AvgIpc) is 2.69. The molecule has 0 aliphatic rings. The quantitative estimate of drug-likeness (QED) is 0.482. The van der Waals surface area contributed by atoms with E-state index in [0.717, 1.165) is 16.7 Å². The number of carbonyl (C=O) groups excluding carboxylic acids is 2. The zero-order valence-corrected chi connectivity index (χ0v) is 16.4. The second kappa shape index (κ2) is 11.0. The molecule has 2 rings (SSSR count). The number of carbonyl (C=O) groups is 2. The number of ether oxygens (including phenoxy) is 1. The standard InChI is InChI=1S/C23H26FNO3/c1-3-28-23(27)15-17-25(16-14-20-8-11-21(24)12-9-20)22(26)13-10-19-6-4-18(2)5-7-19/h4-13H,3,14-17H2,1-2H3/b13-10+. The van der Waals surface area contributed by atoms with Gasteiger partial charge in [0.1, 0.15) is 5.82 Å². The summed E-state index contributed by atoms with van der Waals surface area (Å²) in [5.74, 6) is -0.795. The molecule has 0 fully saturated rings. The fourth-order valence-corrected chi connectivity index (χ4v) is 2.66. The van der Waals surface area contributed by atoms with Crippen LogP contribution in [0.2, 0.25) is 0 Å². The van der Waals surface area contributed by atoms with E-state index in [1.807, 2.05) is 31.2 Å². The Kier molecular flexibility index (Phi) is 8.40. The Hall–Kier alpha value is -2.95. The minimum absolute atomic E-state index is 0.140. The molecule has 148 valence electrons. The third kappa shape index (κ3) is 7.35. The fourth-order valence-electron chi connectivity index (χ4n) is 2.66. The molecule has 5 heteroatoms. The van der Waals surface area contributed by atoms with Gasteiger partial charge in [-0.25, -0.2) is 4.39 Å². The summed E-state index contributed by atoms with van der Waals surface area (Å²) in [4.78, 5) is 25.9. The van der Waals surface area contributed by atoms with Crippen molar-refractivity contribution in [3.8, 4) is 0 Å². The van der Waals surface area contributed by atoms with Crippen molar-refractivity contribution >= 4 is 18.0 Å². The van der Waals surface area contributed by atoms with Gasteiger partial charge in [-0.05, 0) is 49.6 Å². The van der Waals surface area contributed by atoms with Crippen molar-refractivity contribution in [2.75, 3.05) is 19.7 Å². The molecule has 0 spiro atoms. The molecule has 0 aromatic heterocycles. The Morgan fingerprint density at radius 3 is 2.36 bits per heavy atom. The minimum atomic E-state index is -0.329. The van der Waals surface area contributed by atoms with Crippen LogP contribution in [-0.2, 0) is 20.7 Å². The summed E-state index contributed by atoms with van der Waals surface area (Å²) in [6.45, 7) is 4.78. The smallest absolute Gasteiger partial charge is 0.307 e. The Balaban J connectivity index is 2.02. The average molecular weight is 383 g/mol. The van der Waals surface area contributed by atoms with Gasteiger partial charge in [0.25, 0.3) is 0 Å². The molecule has 2 aromatic rings. The maximum atomic E-state index is 13.1. The molecule has 0 unspecified atom stereocenters. The normalized spacial score (nSPS) is 10.8. The molecule has 28 heavy (non-hydrogen) atoms. The van der Waals surface area contributed by atoms with Gasteiger partial charge in [-0.2, -0.15) is 0 Å². The topological polar surface area (TPSA) is 46.6 Å². The molecule has 0 saturated heterocycles. The molecule has 4 nitrogen and oxygen atoms in total. The number of hydrogen-bond donors (Lipinski definition) is 0. The molecular weight excluding hydrogens is 357 g/mol. The first-order valence-electron chi connectivity index (χ1n) is 9.41. The molecule has 0 bridgehead atoms. The van der Waals surface area contributed by atoms with Crippen LogP contribution in [0.4, 0.5) is 4.39 Å². The number of hydrogen-bond acceptors (Lipinski definition) is 3. The van der Waals surface area contributed by atoms with Gasteiger partial charge in [0.05, 0.1) is 13.0 Å². The lowest BCUT2D eigenvalue weighted by molar-refractivity contribution is -0.143. The second-order valence-electron chi connectivity index (χ2n) is 6.50. The summed E-state index contributed by atoms with van der Waals surface area (Å²) in [7, 11) is 0. The van der Waals surface area contributed by atoms with Crippen LogP contribution in [0.5, 0.6) is 0 Å². The summed E-state index contributed by atoms with van der Waals surface area (Å²) < 4.78 is 18.0. The Morgan fingerprint density at radius 1 is 1.04 bits per heavy atom. The molecule has 0 N–H and O–H groups in total. The van der Waals surface area contributed by atoms with E-state index < -0.39 is 0 Å². The zero-order valence-electron chi connectivity index (χ0n) is 16.4. The maximum absolute atomic E-state index is 13.1. The first-order valence-corrected chi connectivity index (χ1v) is 9.41. The predicted molar refractivity (Wildman–Crippen MR) is 108 cm³/mol. The van der Waals surface area contributed by atoms with Gasteiger partial charge >= 0.3 is 5.97 Å². The van der Waals surface area contributed by atoms with Crippen molar-refractivity contribution in [1.82, 2.24) is 4.90 Å². The summed E-state index contributed by atoms with van der Waals surface area (Å²) in [5, 5.41) is 0. The molecule has 0 atom stereocenters. The van der Waals surface area contributed by atoms with Crippen LogP contribution in [-0.4, -0.2) is 36.5 Å². The number of aryl methyl sites for hydroxylation is 1. The number of amides is 1. The van der Waals surface area contributed by atoms with Crippen molar-refractivity contribution in [2.24, 2.45) is 0 Å². The molecule has 1 amide bonds. The first-order chi connectivity index (χ1) is 13.5. The summed E-state index contributed by atoms with van der Waals surface area (Å²) >= 11 is 0. The van der Waals surface area contributed by atoms with Crippen molar-refractivity contribution < 1.29 is 18.7 Å². The molecular formula is C23H26FNO3. The number of esters is 1. The third-order valence-corrected chi connectivity index (χ3v) is 4.28. The van der Waals surface area contributed by atoms with E-state index in [4.69, 9.17) is 4.74 Å². The van der Waals surface area contributed by atoms with Gasteiger partial charge < -0.3 is 9.64 Å². The number of nitrogens with zero attached hydrogens (tertiary/aromatic N) is 1. The minimum Gasteiger partial charge on any atom is -0.466 e. The van der Waals surface area contributed by atoms with Crippen LogP contribution in [0.3, 0.4) is 0 Å². The molecule has 0 heterocycles. The lowest BCUT2D eigenvalue weighted by Crippen LogP contribution is -2.33. The highest BCUT2D eigenvalue weighted by Crippen LogP contribution is 2.08. The van der Waals surface area contributed by atoms with Crippen LogP contribution in [0.15, 0.2) is 54.6 Å². The van der Waals surface area contributed by atoms with E-state index in [1.54, 1.807) is 30.0 Å². The van der Waals surface area contributed by atoms with Crippen molar-refractivity contribution in [1.29, 1.82) is 0 Å². The predicted octanol–water partition coefficient (Wildman–Crippen LogP) is 4.17. The van der Waals surface area contributed by atoms with Crippen molar-refractivity contribution in [2.45, 2.75) is 26.7 Å². The summed E-state index contributed by atoms with van der Waals surface area (Å²) in [6, 6.07) is 14.1. The van der Waals surface area contributed by atoms with E-state index in [-0.39, 0.29) is 30.7 Å². The van der Waals surface area contributed by atoms with Crippen molar-refractivity contribution in [3.63, 3.8) is 0 Å². The Bertz CT molecular complexity index is 798. The highest BCUT2D eigenvalue weighted by atomic mass is 19.1. The molecule has 0 saturated carbocycles. The second-order valence-corrected chi connectivity index (χ2v) is 6.50. The largest absolute Gasteiger partial charge is 0.466 e. The lowest BCUT2D eigenvalue weighted by atomic mass is 10.1. The van der Waals surface area contributed by atoms with Crippen LogP contribution in [0, 0.1) is 12.7 Å². The van der Waals surface area contributed by atoms with Crippen LogP contribution < -0.4 is 0 Å². The number of halogens is 1. The highest BCUT2D eigenvalue weighted by molar-refractivity contribution is 5.92. The van der Waals surface area contributed by atoms with E-state index in [9.17, 15) is 14.0 Å². The maximum Gasteiger partial charge on any atom is 0.307 e. The molecule has 0 aliphatic heterocycles. The molecule has 0 aliphatic carbocycles. The zero-order chi connectivity index (χ0) is 20.4. The van der Waals surface area contributed by atoms with Gasteiger partial charge in [-0.15, -0.1) is 0 Å². The number of benzene rings is 2. The third-order valence-electron chi connectivity index (χ3n) is 4.28. The first kappa shape index (κ1) is 21.4. The van der Waals surface area contributed by atoms with E-state index >= 15 is 0 Å². The fraction of sp³-hybridized carbons (Fsp3) is 0.304. The Morgan fingerprint density at radius 2 is 1.71 bits per heavy atom. The van der Waals surface area contributed by atoms with E-state index in [2.05, 4.69) is 0 Å². The molecule has 0 radical (unpaired) electrons. The van der Waals surface area contributed by atoms with Gasteiger partial charge in [-0.1, -0.05) is 42.0 Å². The summed E-state index contributed by atoms with van der Waals surface area (Å²) in [5.41, 5.74) is 3.01. The van der Waals surface area contributed by atoms with Crippen molar-refractivity contribution in [3.05, 3.63) is 77.1 Å². The Labute approximate surface area is 165 Å². The summed E-state index contributed by atoms with van der Waals surface area (Å²) in [6.07, 6.45) is 3.99. The van der Waals surface area contributed by atoms with Gasteiger partial charge in [-0.3, -0.25) is 9.59 Å². The van der Waals surface area contributed by atoms with Gasteiger partial charge in [0, 0.05) is 19.2 Å². The van der Waals surface area contributed by atoms with Gasteiger partial charge in [0.2, 0.25) is 5.91 Å². The van der Waals surface area contributed by atoms with Crippen LogP contribution in [0.1, 0.15) is 30.0 Å². The molecule has 2 aromatic carbocycles. The monoisotopic (exact) mass is 383 g/mol. The number of rotatable bonds is 9. The van der Waals surface area contributed by atoms with Gasteiger partial charge in [0.15, 0.2) is 0 Å². The SMILES string of the molecule is CCOC(=O)CCN(CCc1ccc(F)cc1)C(=O)/C=C/c1ccc(C)cc1. The van der Waals surface area contributed by atoms with E-state index in [0.29, 0.717) is 19.6 Å². The lowest BCUT2D eigenvalue weighted by Gasteiger charge is -2.21. The van der Waals surface area contributed by atoms with Crippen LogP contribution in [0.25, 0.3) is 6.08 Å². The highest BCUT2D eigenvalue weighted by Gasteiger charge is 2.13.